The molecule has 1 aliphatic heterocycles. The van der Waals surface area contributed by atoms with Crippen LogP contribution in [0, 0.1) is 12.8 Å². The van der Waals surface area contributed by atoms with Crippen LogP contribution in [0.4, 0.5) is 5.82 Å². The van der Waals surface area contributed by atoms with Gasteiger partial charge in [-0.25, -0.2) is 4.98 Å². The molecule has 0 fully saturated rings. The zero-order chi connectivity index (χ0) is 19.7. The van der Waals surface area contributed by atoms with Gasteiger partial charge in [0.05, 0.1) is 5.69 Å². The Morgan fingerprint density at radius 2 is 1.96 bits per heavy atom. The Labute approximate surface area is 163 Å². The van der Waals surface area contributed by atoms with Crippen molar-refractivity contribution in [2.45, 2.75) is 59.3 Å². The molecule has 0 amide bonds. The van der Waals surface area contributed by atoms with E-state index in [1.54, 1.807) is 0 Å². The lowest BCUT2D eigenvalue weighted by Gasteiger charge is -2.20. The number of likely N-dealkylation sites (N-methyl/N-ethyl adjacent to an activating group) is 1. The first kappa shape index (κ1) is 19.8. The van der Waals surface area contributed by atoms with Gasteiger partial charge in [0, 0.05) is 48.6 Å². The molecule has 4 heteroatoms. The number of aliphatic hydroxyl groups is 1. The molecule has 0 radical (unpaired) electrons. The van der Waals surface area contributed by atoms with Crippen molar-refractivity contribution in [2.24, 2.45) is 5.92 Å². The zero-order valence-electron chi connectivity index (χ0n) is 17.6. The van der Waals surface area contributed by atoms with Gasteiger partial charge >= 0.3 is 0 Å². The highest BCUT2D eigenvalue weighted by molar-refractivity contribution is 5.70. The maximum Gasteiger partial charge on any atom is 0.132 e. The standard InChI is InChI=1S/C23H33N3O/c1-7-16(13-27)19-12-26(6)23-18(19)11-15(5)22(25-23)17-9-10-21(14(3)4)24-20(17)8-2/h9-11,14,16,19,27H,7-8,12-13H2,1-6H3/t16-,19?/m1/s1. The first-order valence-electron chi connectivity index (χ1n) is 10.2. The minimum Gasteiger partial charge on any atom is -0.396 e. The summed E-state index contributed by atoms with van der Waals surface area (Å²) in [7, 11) is 2.11. The highest BCUT2D eigenvalue weighted by Gasteiger charge is 2.33. The minimum absolute atomic E-state index is 0.232. The Morgan fingerprint density at radius 3 is 2.56 bits per heavy atom. The molecule has 0 bridgehead atoms. The maximum atomic E-state index is 9.79. The maximum absolute atomic E-state index is 9.79. The van der Waals surface area contributed by atoms with Gasteiger partial charge in [-0.2, -0.15) is 0 Å². The fourth-order valence-electron chi connectivity index (χ4n) is 4.22. The summed E-state index contributed by atoms with van der Waals surface area (Å²) in [6, 6.07) is 6.62. The Kier molecular flexibility index (Phi) is 5.85. The summed E-state index contributed by atoms with van der Waals surface area (Å²) >= 11 is 0. The van der Waals surface area contributed by atoms with E-state index in [1.807, 2.05) is 0 Å². The first-order valence-corrected chi connectivity index (χ1v) is 10.2. The largest absolute Gasteiger partial charge is 0.396 e. The molecule has 0 saturated heterocycles. The Bertz CT molecular complexity index is 812. The van der Waals surface area contributed by atoms with E-state index in [0.29, 0.717) is 17.8 Å². The van der Waals surface area contributed by atoms with Crippen molar-refractivity contribution >= 4 is 5.82 Å². The van der Waals surface area contributed by atoms with Crippen molar-refractivity contribution in [1.82, 2.24) is 9.97 Å². The third kappa shape index (κ3) is 3.60. The second-order valence-electron chi connectivity index (χ2n) is 8.14. The summed E-state index contributed by atoms with van der Waals surface area (Å²) < 4.78 is 0. The predicted molar refractivity (Wildman–Crippen MR) is 113 cm³/mol. The average Bonchev–Trinajstić information content (AvgIpc) is 2.97. The fourth-order valence-corrected chi connectivity index (χ4v) is 4.22. The van der Waals surface area contributed by atoms with Gasteiger partial charge < -0.3 is 10.0 Å². The molecule has 0 aliphatic carbocycles. The molecule has 0 aromatic carbocycles. The summed E-state index contributed by atoms with van der Waals surface area (Å²) in [6.07, 6.45) is 1.88. The van der Waals surface area contributed by atoms with E-state index in [9.17, 15) is 5.11 Å². The lowest BCUT2D eigenvalue weighted by Crippen LogP contribution is -2.22. The van der Waals surface area contributed by atoms with Crippen LogP contribution in [-0.2, 0) is 6.42 Å². The highest BCUT2D eigenvalue weighted by Crippen LogP contribution is 2.42. The van der Waals surface area contributed by atoms with E-state index < -0.39 is 0 Å². The number of aliphatic hydroxyl groups excluding tert-OH is 1. The van der Waals surface area contributed by atoms with E-state index in [4.69, 9.17) is 9.97 Å². The number of aryl methyl sites for hydroxylation is 2. The SMILES string of the molecule is CCc1nc(C(C)C)ccc1-c1nc2c(cc1C)C([C@H](CC)CO)CN2C. The number of anilines is 1. The molecule has 3 rings (SSSR count). The summed E-state index contributed by atoms with van der Waals surface area (Å²) in [6.45, 7) is 12.0. The molecule has 1 N–H and O–H groups in total. The van der Waals surface area contributed by atoms with Crippen LogP contribution in [0.3, 0.4) is 0 Å². The van der Waals surface area contributed by atoms with Crippen molar-refractivity contribution in [3.63, 3.8) is 0 Å². The van der Waals surface area contributed by atoms with Gasteiger partial charge in [0.25, 0.3) is 0 Å². The molecule has 146 valence electrons. The summed E-state index contributed by atoms with van der Waals surface area (Å²) in [5.74, 6) is 2.13. The van der Waals surface area contributed by atoms with Gasteiger partial charge in [-0.3, -0.25) is 4.98 Å². The molecular formula is C23H33N3O. The molecule has 1 unspecified atom stereocenters. The van der Waals surface area contributed by atoms with Crippen molar-refractivity contribution in [1.29, 1.82) is 0 Å². The number of rotatable bonds is 6. The van der Waals surface area contributed by atoms with Gasteiger partial charge in [0.2, 0.25) is 0 Å². The predicted octanol–water partition coefficient (Wildman–Crippen LogP) is 4.69. The van der Waals surface area contributed by atoms with Crippen LogP contribution in [0.2, 0.25) is 0 Å². The van der Waals surface area contributed by atoms with Crippen LogP contribution in [0.5, 0.6) is 0 Å². The second-order valence-corrected chi connectivity index (χ2v) is 8.14. The molecule has 2 aromatic heterocycles. The van der Waals surface area contributed by atoms with Crippen LogP contribution in [-0.4, -0.2) is 35.3 Å². The first-order chi connectivity index (χ1) is 12.9. The van der Waals surface area contributed by atoms with Crippen LogP contribution in [0.15, 0.2) is 18.2 Å². The molecule has 27 heavy (non-hydrogen) atoms. The van der Waals surface area contributed by atoms with E-state index in [1.165, 1.54) is 11.1 Å². The third-order valence-electron chi connectivity index (χ3n) is 5.96. The minimum atomic E-state index is 0.232. The monoisotopic (exact) mass is 367 g/mol. The summed E-state index contributed by atoms with van der Waals surface area (Å²) in [5, 5.41) is 9.79. The lowest BCUT2D eigenvalue weighted by molar-refractivity contribution is 0.203. The van der Waals surface area contributed by atoms with E-state index >= 15 is 0 Å². The van der Waals surface area contributed by atoms with Crippen LogP contribution in [0.25, 0.3) is 11.3 Å². The number of pyridine rings is 2. The summed E-state index contributed by atoms with van der Waals surface area (Å²) in [4.78, 5) is 12.2. The normalized spacial score (nSPS) is 17.5. The van der Waals surface area contributed by atoms with Crippen molar-refractivity contribution in [3.05, 3.63) is 40.7 Å². The van der Waals surface area contributed by atoms with Crippen molar-refractivity contribution in [2.75, 3.05) is 25.1 Å². The Hall–Kier alpha value is -1.94. The molecule has 0 spiro atoms. The van der Waals surface area contributed by atoms with Crippen LogP contribution < -0.4 is 4.90 Å². The molecule has 1 aliphatic rings. The zero-order valence-corrected chi connectivity index (χ0v) is 17.6. The molecule has 0 saturated carbocycles. The number of fused-ring (bicyclic) bond motifs is 1. The van der Waals surface area contributed by atoms with Crippen LogP contribution in [0.1, 0.15) is 68.5 Å². The van der Waals surface area contributed by atoms with Gasteiger partial charge in [-0.05, 0) is 48.9 Å². The molecule has 4 nitrogen and oxygen atoms in total. The number of hydrogen-bond acceptors (Lipinski definition) is 4. The van der Waals surface area contributed by atoms with Gasteiger partial charge in [0.1, 0.15) is 5.82 Å². The average molecular weight is 368 g/mol. The fraction of sp³-hybridized carbons (Fsp3) is 0.565. The van der Waals surface area contributed by atoms with Gasteiger partial charge in [-0.1, -0.05) is 34.1 Å². The smallest absolute Gasteiger partial charge is 0.132 e. The molecule has 2 atom stereocenters. The van der Waals surface area contributed by atoms with Crippen LogP contribution >= 0.6 is 0 Å². The molecule has 3 heterocycles. The number of nitrogens with zero attached hydrogens (tertiary/aromatic N) is 3. The second kappa shape index (κ2) is 7.97. The van der Waals surface area contributed by atoms with Gasteiger partial charge in [0.15, 0.2) is 0 Å². The van der Waals surface area contributed by atoms with Crippen molar-refractivity contribution in [3.8, 4) is 11.3 Å². The third-order valence-corrected chi connectivity index (χ3v) is 5.96. The Balaban J connectivity index is 2.09. The topological polar surface area (TPSA) is 49.3 Å². The quantitative estimate of drug-likeness (QED) is 0.805. The van der Waals surface area contributed by atoms with Crippen molar-refractivity contribution < 1.29 is 5.11 Å². The molecular weight excluding hydrogens is 334 g/mol. The number of hydrogen-bond donors (Lipinski definition) is 1. The van der Waals surface area contributed by atoms with E-state index in [2.05, 4.69) is 64.8 Å². The number of aromatic nitrogens is 2. The van der Waals surface area contributed by atoms with Gasteiger partial charge in [-0.15, -0.1) is 0 Å². The lowest BCUT2D eigenvalue weighted by atomic mass is 9.86. The Morgan fingerprint density at radius 1 is 1.22 bits per heavy atom. The van der Waals surface area contributed by atoms with E-state index in [-0.39, 0.29) is 6.61 Å². The highest BCUT2D eigenvalue weighted by atomic mass is 16.3. The molecule has 2 aromatic rings. The van der Waals surface area contributed by atoms with E-state index in [0.717, 1.165) is 47.8 Å². The summed E-state index contributed by atoms with van der Waals surface area (Å²) in [5.41, 5.74) is 6.92.